The fraction of sp³-hybridized carbons (Fsp3) is 0.467. The van der Waals surface area contributed by atoms with Gasteiger partial charge in [-0.2, -0.15) is 0 Å². The number of carboxylic acids is 1. The highest BCUT2D eigenvalue weighted by Crippen LogP contribution is 2.29. The summed E-state index contributed by atoms with van der Waals surface area (Å²) in [4.78, 5) is 22.7. The van der Waals surface area contributed by atoms with Crippen molar-refractivity contribution in [2.24, 2.45) is 17.6 Å². The first-order chi connectivity index (χ1) is 8.97. The van der Waals surface area contributed by atoms with Gasteiger partial charge in [-0.25, -0.2) is 0 Å². The van der Waals surface area contributed by atoms with E-state index in [1.807, 2.05) is 37.3 Å². The second-order valence-electron chi connectivity index (χ2n) is 4.91. The van der Waals surface area contributed by atoms with Crippen LogP contribution < -0.4 is 5.73 Å². The molecule has 0 aliphatic heterocycles. The number of benzene rings is 1. The Balaban J connectivity index is 2.85. The minimum Gasteiger partial charge on any atom is -0.481 e. The van der Waals surface area contributed by atoms with Crippen LogP contribution in [0.1, 0.15) is 38.2 Å². The molecule has 1 aromatic carbocycles. The fourth-order valence-corrected chi connectivity index (χ4v) is 2.42. The summed E-state index contributed by atoms with van der Waals surface area (Å²) in [7, 11) is 0. The average Bonchev–Trinajstić information content (AvgIpc) is 2.38. The number of amides is 1. The molecular weight excluding hydrogens is 242 g/mol. The zero-order valence-electron chi connectivity index (χ0n) is 11.4. The van der Waals surface area contributed by atoms with Crippen LogP contribution in [-0.2, 0) is 9.59 Å². The van der Waals surface area contributed by atoms with Gasteiger partial charge in [0.05, 0.1) is 11.8 Å². The SMILES string of the molecule is CCC(C(N)=O)C(CC(C)c1ccccc1)C(=O)O. The van der Waals surface area contributed by atoms with Crippen LogP contribution in [0.3, 0.4) is 0 Å². The maximum Gasteiger partial charge on any atom is 0.307 e. The van der Waals surface area contributed by atoms with E-state index in [2.05, 4.69) is 0 Å². The molecule has 3 atom stereocenters. The predicted molar refractivity (Wildman–Crippen MR) is 73.6 cm³/mol. The smallest absolute Gasteiger partial charge is 0.307 e. The number of nitrogens with two attached hydrogens (primary N) is 1. The van der Waals surface area contributed by atoms with Crippen LogP contribution in [0.4, 0.5) is 0 Å². The Morgan fingerprint density at radius 2 is 1.79 bits per heavy atom. The number of hydrogen-bond acceptors (Lipinski definition) is 2. The van der Waals surface area contributed by atoms with Gasteiger partial charge in [0.1, 0.15) is 0 Å². The number of rotatable bonds is 7. The molecule has 0 aliphatic carbocycles. The van der Waals surface area contributed by atoms with Crippen LogP contribution in [-0.4, -0.2) is 17.0 Å². The normalized spacial score (nSPS) is 15.5. The van der Waals surface area contributed by atoms with Crippen LogP contribution >= 0.6 is 0 Å². The van der Waals surface area contributed by atoms with Gasteiger partial charge in [0, 0.05) is 0 Å². The second kappa shape index (κ2) is 6.92. The van der Waals surface area contributed by atoms with Crippen molar-refractivity contribution in [3.63, 3.8) is 0 Å². The van der Waals surface area contributed by atoms with Crippen LogP contribution in [0.2, 0.25) is 0 Å². The zero-order chi connectivity index (χ0) is 14.4. The van der Waals surface area contributed by atoms with Crippen molar-refractivity contribution in [3.05, 3.63) is 35.9 Å². The first kappa shape index (κ1) is 15.2. The summed E-state index contributed by atoms with van der Waals surface area (Å²) < 4.78 is 0. The largest absolute Gasteiger partial charge is 0.481 e. The highest BCUT2D eigenvalue weighted by atomic mass is 16.4. The molecule has 0 bridgehead atoms. The molecule has 3 unspecified atom stereocenters. The van der Waals surface area contributed by atoms with Crippen molar-refractivity contribution in [2.45, 2.75) is 32.6 Å². The van der Waals surface area contributed by atoms with E-state index >= 15 is 0 Å². The van der Waals surface area contributed by atoms with Gasteiger partial charge < -0.3 is 10.8 Å². The average molecular weight is 263 g/mol. The quantitative estimate of drug-likeness (QED) is 0.792. The minimum atomic E-state index is -0.951. The maximum absolute atomic E-state index is 11.4. The Morgan fingerprint density at radius 3 is 2.21 bits per heavy atom. The van der Waals surface area contributed by atoms with Gasteiger partial charge in [-0.05, 0) is 24.3 Å². The van der Waals surface area contributed by atoms with E-state index in [1.54, 1.807) is 6.92 Å². The first-order valence-electron chi connectivity index (χ1n) is 6.54. The standard InChI is InChI=1S/C15H21NO3/c1-3-12(14(16)17)13(15(18)19)9-10(2)11-7-5-4-6-8-11/h4-8,10,12-13H,3,9H2,1-2H3,(H2,16,17)(H,18,19). The molecular formula is C15H21NO3. The highest BCUT2D eigenvalue weighted by Gasteiger charge is 2.32. The van der Waals surface area contributed by atoms with E-state index in [4.69, 9.17) is 5.73 Å². The molecule has 4 nitrogen and oxygen atoms in total. The molecule has 0 aromatic heterocycles. The van der Waals surface area contributed by atoms with Gasteiger partial charge in [-0.3, -0.25) is 9.59 Å². The Kier molecular flexibility index (Phi) is 5.55. The molecule has 0 radical (unpaired) electrons. The summed E-state index contributed by atoms with van der Waals surface area (Å²) in [5, 5.41) is 9.31. The molecule has 19 heavy (non-hydrogen) atoms. The third-order valence-electron chi connectivity index (χ3n) is 3.58. The molecule has 0 spiro atoms. The highest BCUT2D eigenvalue weighted by molar-refractivity contribution is 5.83. The summed E-state index contributed by atoms with van der Waals surface area (Å²) in [5.41, 5.74) is 6.37. The van der Waals surface area contributed by atoms with Gasteiger partial charge in [0.25, 0.3) is 0 Å². The molecule has 1 rings (SSSR count). The Bertz CT molecular complexity index is 430. The lowest BCUT2D eigenvalue weighted by atomic mass is 9.81. The summed E-state index contributed by atoms with van der Waals surface area (Å²) in [6.07, 6.45) is 0.870. The van der Waals surface area contributed by atoms with Gasteiger partial charge in [-0.1, -0.05) is 44.2 Å². The number of primary amides is 1. The van der Waals surface area contributed by atoms with Gasteiger partial charge in [-0.15, -0.1) is 0 Å². The number of carbonyl (C=O) groups is 2. The molecule has 0 saturated heterocycles. The van der Waals surface area contributed by atoms with E-state index in [-0.39, 0.29) is 5.92 Å². The van der Waals surface area contributed by atoms with Crippen LogP contribution in [0.15, 0.2) is 30.3 Å². The van der Waals surface area contributed by atoms with E-state index in [1.165, 1.54) is 0 Å². The van der Waals surface area contributed by atoms with E-state index < -0.39 is 23.7 Å². The van der Waals surface area contributed by atoms with Crippen molar-refractivity contribution in [3.8, 4) is 0 Å². The molecule has 0 heterocycles. The topological polar surface area (TPSA) is 80.4 Å². The molecule has 0 aliphatic rings. The summed E-state index contributed by atoms with van der Waals surface area (Å²) in [6, 6.07) is 9.70. The monoisotopic (exact) mass is 263 g/mol. The molecule has 3 N–H and O–H groups in total. The van der Waals surface area contributed by atoms with Crippen LogP contribution in [0, 0.1) is 11.8 Å². The number of carbonyl (C=O) groups excluding carboxylic acids is 1. The Hall–Kier alpha value is -1.84. The molecule has 104 valence electrons. The van der Waals surface area contributed by atoms with Crippen molar-refractivity contribution in [1.82, 2.24) is 0 Å². The minimum absolute atomic E-state index is 0.0794. The van der Waals surface area contributed by atoms with Crippen LogP contribution in [0.25, 0.3) is 0 Å². The number of carboxylic acid groups (broad SMARTS) is 1. The summed E-state index contributed by atoms with van der Waals surface area (Å²) in [5.74, 6) is -2.74. The maximum atomic E-state index is 11.4. The fourth-order valence-electron chi connectivity index (χ4n) is 2.42. The molecule has 1 amide bonds. The third-order valence-corrected chi connectivity index (χ3v) is 3.58. The van der Waals surface area contributed by atoms with Gasteiger partial charge >= 0.3 is 5.97 Å². The second-order valence-corrected chi connectivity index (χ2v) is 4.91. The third kappa shape index (κ3) is 4.09. The van der Waals surface area contributed by atoms with Crippen molar-refractivity contribution in [2.75, 3.05) is 0 Å². The first-order valence-corrected chi connectivity index (χ1v) is 6.54. The molecule has 0 fully saturated rings. The summed E-state index contributed by atoms with van der Waals surface area (Å²) >= 11 is 0. The zero-order valence-corrected chi connectivity index (χ0v) is 11.4. The summed E-state index contributed by atoms with van der Waals surface area (Å²) in [6.45, 7) is 3.76. The Labute approximate surface area is 113 Å². The lowest BCUT2D eigenvalue weighted by Gasteiger charge is -2.23. The van der Waals surface area contributed by atoms with Gasteiger partial charge in [0.2, 0.25) is 5.91 Å². The molecule has 1 aromatic rings. The van der Waals surface area contributed by atoms with Crippen LogP contribution in [0.5, 0.6) is 0 Å². The molecule has 0 saturated carbocycles. The lowest BCUT2D eigenvalue weighted by molar-refractivity contribution is -0.147. The van der Waals surface area contributed by atoms with E-state index in [0.29, 0.717) is 12.8 Å². The van der Waals surface area contributed by atoms with E-state index in [0.717, 1.165) is 5.56 Å². The van der Waals surface area contributed by atoms with E-state index in [9.17, 15) is 14.7 Å². The lowest BCUT2D eigenvalue weighted by Crippen LogP contribution is -2.34. The van der Waals surface area contributed by atoms with Crippen molar-refractivity contribution in [1.29, 1.82) is 0 Å². The molecule has 4 heteroatoms. The van der Waals surface area contributed by atoms with Gasteiger partial charge in [0.15, 0.2) is 0 Å². The predicted octanol–water partition coefficient (Wildman–Crippen LogP) is 2.39. The Morgan fingerprint density at radius 1 is 1.21 bits per heavy atom. The van der Waals surface area contributed by atoms with Crippen molar-refractivity contribution < 1.29 is 14.7 Å². The number of hydrogen-bond donors (Lipinski definition) is 2. The van der Waals surface area contributed by atoms with Crippen molar-refractivity contribution >= 4 is 11.9 Å². The number of aliphatic carboxylic acids is 1.